The fourth-order valence-corrected chi connectivity index (χ4v) is 7.30. The Kier molecular flexibility index (Phi) is 6.75. The molecule has 0 aromatic carbocycles. The molecule has 0 spiro atoms. The first kappa shape index (κ1) is 28.2. The van der Waals surface area contributed by atoms with Gasteiger partial charge >= 0.3 is 12.2 Å². The lowest BCUT2D eigenvalue weighted by atomic mass is 9.95. The first-order valence-electron chi connectivity index (χ1n) is 14.8. The maximum Gasteiger partial charge on any atom is 0.418 e. The number of ether oxygens (including phenoxy) is 2. The van der Waals surface area contributed by atoms with E-state index in [1.165, 1.54) is 0 Å². The van der Waals surface area contributed by atoms with Crippen LogP contribution in [0, 0.1) is 5.82 Å². The molecule has 3 saturated heterocycles. The van der Waals surface area contributed by atoms with Crippen LogP contribution in [0.2, 0.25) is 0 Å². The number of halogens is 5. The van der Waals surface area contributed by atoms with Gasteiger partial charge in [-0.25, -0.2) is 18.7 Å². The van der Waals surface area contributed by atoms with Crippen molar-refractivity contribution in [3.63, 3.8) is 0 Å². The molecule has 7 rings (SSSR count). The third-order valence-corrected chi connectivity index (χ3v) is 9.26. The zero-order valence-corrected chi connectivity index (χ0v) is 23.7. The third-order valence-electron chi connectivity index (χ3n) is 9.26. The normalized spacial score (nSPS) is 25.4. The van der Waals surface area contributed by atoms with E-state index in [2.05, 4.69) is 24.8 Å². The van der Waals surface area contributed by atoms with E-state index in [-0.39, 0.29) is 59.9 Å². The van der Waals surface area contributed by atoms with Crippen molar-refractivity contribution in [2.75, 3.05) is 43.5 Å². The van der Waals surface area contributed by atoms with Gasteiger partial charge in [0.1, 0.15) is 53.3 Å². The van der Waals surface area contributed by atoms with Crippen molar-refractivity contribution in [2.24, 2.45) is 0 Å². The Hall–Kier alpha value is -3.55. The lowest BCUT2D eigenvalue weighted by Gasteiger charge is -2.35. The number of piperidine rings is 1. The quantitative estimate of drug-likeness (QED) is 0.398. The van der Waals surface area contributed by atoms with Gasteiger partial charge in [-0.2, -0.15) is 23.1 Å². The van der Waals surface area contributed by atoms with Crippen LogP contribution < -0.4 is 20.1 Å². The van der Waals surface area contributed by atoms with Crippen LogP contribution in [0.15, 0.2) is 6.07 Å². The third kappa shape index (κ3) is 4.68. The Morgan fingerprint density at radius 2 is 1.95 bits per heavy atom. The monoisotopic (exact) mass is 605 g/mol. The Morgan fingerprint density at radius 1 is 1.12 bits per heavy atom. The lowest BCUT2D eigenvalue weighted by molar-refractivity contribution is -0.137. The molecule has 0 radical (unpaired) electrons. The van der Waals surface area contributed by atoms with Gasteiger partial charge in [-0.1, -0.05) is 6.92 Å². The summed E-state index contributed by atoms with van der Waals surface area (Å²) in [5, 5.41) is 0.163. The Bertz CT molecular complexity index is 1590. The summed E-state index contributed by atoms with van der Waals surface area (Å²) in [5.74, 6) is -1.02. The summed E-state index contributed by atoms with van der Waals surface area (Å²) in [4.78, 5) is 21.4. The molecule has 7 heterocycles. The second-order valence-corrected chi connectivity index (χ2v) is 11.9. The number of aryl methyl sites for hydroxylation is 1. The number of aromatic nitrogens is 4. The molecule has 9 nitrogen and oxygen atoms in total. The minimum Gasteiger partial charge on any atom is -0.475 e. The molecule has 0 aliphatic carbocycles. The van der Waals surface area contributed by atoms with Gasteiger partial charge in [0.25, 0.3) is 0 Å². The molecule has 0 bridgehead atoms. The molecule has 3 fully saturated rings. The van der Waals surface area contributed by atoms with E-state index in [4.69, 9.17) is 15.2 Å². The average Bonchev–Trinajstić information content (AvgIpc) is 3.44. The summed E-state index contributed by atoms with van der Waals surface area (Å²) in [6.45, 7) is 3.57. The zero-order chi connectivity index (χ0) is 30.1. The molecule has 0 unspecified atom stereocenters. The number of pyridine rings is 2. The Balaban J connectivity index is 1.41. The van der Waals surface area contributed by atoms with Crippen molar-refractivity contribution < 1.29 is 31.4 Å². The molecular weight excluding hydrogens is 573 g/mol. The molecular formula is C29H32F5N7O2. The number of nitrogen functional groups attached to an aromatic ring is 1. The van der Waals surface area contributed by atoms with Gasteiger partial charge in [-0.15, -0.1) is 0 Å². The predicted octanol–water partition coefficient (Wildman–Crippen LogP) is 5.10. The smallest absolute Gasteiger partial charge is 0.418 e. The number of fused-ring (bicyclic) bond motifs is 3. The first-order chi connectivity index (χ1) is 20.6. The van der Waals surface area contributed by atoms with Gasteiger partial charge < -0.3 is 20.1 Å². The highest BCUT2D eigenvalue weighted by atomic mass is 19.4. The number of hydrogen-bond acceptors (Lipinski definition) is 9. The van der Waals surface area contributed by atoms with Crippen LogP contribution in [-0.4, -0.2) is 75.4 Å². The number of rotatable bonds is 5. The molecule has 3 aromatic heterocycles. The predicted molar refractivity (Wildman–Crippen MR) is 148 cm³/mol. The molecule has 0 amide bonds. The van der Waals surface area contributed by atoms with Crippen molar-refractivity contribution >= 4 is 22.5 Å². The first-order valence-corrected chi connectivity index (χ1v) is 14.8. The largest absolute Gasteiger partial charge is 0.475 e. The fourth-order valence-electron chi connectivity index (χ4n) is 7.30. The van der Waals surface area contributed by atoms with Crippen molar-refractivity contribution in [3.05, 3.63) is 23.0 Å². The van der Waals surface area contributed by atoms with Crippen LogP contribution >= 0.6 is 0 Å². The average molecular weight is 606 g/mol. The molecule has 2 N–H and O–H groups in total. The molecule has 3 aromatic rings. The van der Waals surface area contributed by atoms with Crippen molar-refractivity contribution in [1.29, 1.82) is 0 Å². The highest BCUT2D eigenvalue weighted by Crippen LogP contribution is 2.45. The van der Waals surface area contributed by atoms with Gasteiger partial charge in [0.15, 0.2) is 5.82 Å². The van der Waals surface area contributed by atoms with Crippen molar-refractivity contribution in [1.82, 2.24) is 24.8 Å². The minimum absolute atomic E-state index is 0.00737. The number of alkyl halides is 4. The fraction of sp³-hybridized carbons (Fsp3) is 0.586. The summed E-state index contributed by atoms with van der Waals surface area (Å²) in [5.41, 5.74) is 2.48. The second kappa shape index (κ2) is 10.3. The number of anilines is 2. The maximum absolute atomic E-state index is 16.6. The van der Waals surface area contributed by atoms with E-state index in [0.717, 1.165) is 44.7 Å². The summed E-state index contributed by atoms with van der Waals surface area (Å²) >= 11 is 0. The number of hydrogen-bond donors (Lipinski definition) is 1. The van der Waals surface area contributed by atoms with Gasteiger partial charge in [-0.3, -0.25) is 4.90 Å². The van der Waals surface area contributed by atoms with Gasteiger partial charge in [-0.05, 0) is 56.7 Å². The van der Waals surface area contributed by atoms with E-state index < -0.39 is 40.7 Å². The number of nitrogens with zero attached hydrogens (tertiary/aromatic N) is 6. The molecule has 0 saturated carbocycles. The summed E-state index contributed by atoms with van der Waals surface area (Å²) < 4.78 is 86.2. The van der Waals surface area contributed by atoms with Crippen molar-refractivity contribution in [3.8, 4) is 23.3 Å². The van der Waals surface area contributed by atoms with E-state index in [0.29, 0.717) is 25.3 Å². The molecule has 230 valence electrons. The SMILES string of the molecule is CCc1cc(N)nc(-c2nc3c4c(nc(OC[C@@]56CCCN5C[C@H](F)C6)nc4c2F)N2CCCC[C@H]2CO3)c1C(F)(F)F. The van der Waals surface area contributed by atoms with Gasteiger partial charge in [0.05, 0.1) is 17.1 Å². The highest BCUT2D eigenvalue weighted by molar-refractivity contribution is 5.97. The van der Waals surface area contributed by atoms with E-state index in [1.807, 2.05) is 4.90 Å². The van der Waals surface area contributed by atoms with Crippen LogP contribution in [0.3, 0.4) is 0 Å². The van der Waals surface area contributed by atoms with E-state index in [9.17, 15) is 17.6 Å². The Morgan fingerprint density at radius 3 is 2.74 bits per heavy atom. The molecule has 43 heavy (non-hydrogen) atoms. The summed E-state index contributed by atoms with van der Waals surface area (Å²) in [7, 11) is 0. The van der Waals surface area contributed by atoms with Crippen LogP contribution in [0.1, 0.15) is 56.6 Å². The van der Waals surface area contributed by atoms with Crippen LogP contribution in [-0.2, 0) is 12.6 Å². The van der Waals surface area contributed by atoms with Gasteiger partial charge in [0, 0.05) is 19.5 Å². The van der Waals surface area contributed by atoms with E-state index >= 15 is 4.39 Å². The van der Waals surface area contributed by atoms with E-state index in [1.54, 1.807) is 6.92 Å². The number of nitrogens with two attached hydrogens (primary N) is 1. The molecule has 4 aliphatic rings. The zero-order valence-electron chi connectivity index (χ0n) is 23.7. The molecule has 4 aliphatic heterocycles. The molecule has 14 heteroatoms. The maximum atomic E-state index is 16.6. The van der Waals surface area contributed by atoms with Gasteiger partial charge in [0.2, 0.25) is 5.88 Å². The van der Waals surface area contributed by atoms with Crippen LogP contribution in [0.25, 0.3) is 22.3 Å². The van der Waals surface area contributed by atoms with Crippen LogP contribution in [0.4, 0.5) is 33.6 Å². The summed E-state index contributed by atoms with van der Waals surface area (Å²) in [6.07, 6.45) is -1.22. The lowest BCUT2D eigenvalue weighted by Crippen LogP contribution is -2.44. The highest BCUT2D eigenvalue weighted by Gasteiger charge is 2.49. The molecule has 3 atom stereocenters. The standard InChI is InChI=1S/C29H32F5N7O2/c1-2-15-10-18(35)36-23(20(15)29(32,33)34)24-21(31)22-19-25(41-9-4-3-6-17(41)13-42-26(19)37-24)39-27(38-22)43-14-28-7-5-8-40(28)12-16(30)11-28/h10,16-17H,2-9,11-14H2,1H3,(H2,35,36)/t16-,17+,28+/m1/s1. The topological polar surface area (TPSA) is 103 Å². The summed E-state index contributed by atoms with van der Waals surface area (Å²) in [6, 6.07) is 0.900. The minimum atomic E-state index is -4.85. The Labute approximate surface area is 244 Å². The van der Waals surface area contributed by atoms with Crippen LogP contribution in [0.5, 0.6) is 11.9 Å². The second-order valence-electron chi connectivity index (χ2n) is 11.9. The van der Waals surface area contributed by atoms with Crippen molar-refractivity contribution in [2.45, 2.75) is 75.8 Å².